The van der Waals surface area contributed by atoms with Gasteiger partial charge in [-0.05, 0) is 19.1 Å². The van der Waals surface area contributed by atoms with Gasteiger partial charge in [0.2, 0.25) is 0 Å². The molecule has 0 aliphatic rings. The predicted molar refractivity (Wildman–Crippen MR) is 58.8 cm³/mol. The monoisotopic (exact) mass is 200 g/mol. The van der Waals surface area contributed by atoms with E-state index in [1.54, 1.807) is 19.5 Å². The molecule has 2 aromatic rings. The van der Waals surface area contributed by atoms with Crippen LogP contribution in [-0.4, -0.2) is 17.1 Å². The first kappa shape index (κ1) is 9.65. The molecule has 0 amide bonds. The lowest BCUT2D eigenvalue weighted by molar-refractivity contribution is 0.411. The lowest BCUT2D eigenvalue weighted by atomic mass is 10.1. The van der Waals surface area contributed by atoms with Crippen LogP contribution in [0.4, 0.5) is 0 Å². The Morgan fingerprint density at radius 1 is 1.20 bits per heavy atom. The van der Waals surface area contributed by atoms with Crippen LogP contribution in [0.5, 0.6) is 5.75 Å². The third-order valence-corrected chi connectivity index (χ3v) is 2.26. The van der Waals surface area contributed by atoms with Crippen LogP contribution >= 0.6 is 0 Å². The SMILES string of the molecule is COc1c(-c2cccnc2)ccnc1C. The summed E-state index contributed by atoms with van der Waals surface area (Å²) in [5.74, 6) is 0.811. The summed E-state index contributed by atoms with van der Waals surface area (Å²) >= 11 is 0. The van der Waals surface area contributed by atoms with Gasteiger partial charge in [0.25, 0.3) is 0 Å². The second-order valence-corrected chi connectivity index (χ2v) is 3.22. The Bertz CT molecular complexity index is 454. The summed E-state index contributed by atoms with van der Waals surface area (Å²) in [6, 6.07) is 5.84. The molecule has 0 saturated heterocycles. The van der Waals surface area contributed by atoms with E-state index < -0.39 is 0 Å². The van der Waals surface area contributed by atoms with Gasteiger partial charge in [0.15, 0.2) is 0 Å². The van der Waals surface area contributed by atoms with Crippen LogP contribution in [0.25, 0.3) is 11.1 Å². The maximum Gasteiger partial charge on any atom is 0.147 e. The summed E-state index contributed by atoms with van der Waals surface area (Å²) < 4.78 is 5.34. The van der Waals surface area contributed by atoms with Crippen LogP contribution in [0, 0.1) is 6.92 Å². The van der Waals surface area contributed by atoms with Crippen molar-refractivity contribution in [2.75, 3.05) is 7.11 Å². The molecule has 15 heavy (non-hydrogen) atoms. The maximum atomic E-state index is 5.34. The van der Waals surface area contributed by atoms with Gasteiger partial charge >= 0.3 is 0 Å². The molecule has 3 heteroatoms. The number of hydrogen-bond acceptors (Lipinski definition) is 3. The molecule has 2 aromatic heterocycles. The molecular formula is C12H12N2O. The fourth-order valence-corrected chi connectivity index (χ4v) is 1.56. The van der Waals surface area contributed by atoms with Gasteiger partial charge in [-0.1, -0.05) is 6.07 Å². The van der Waals surface area contributed by atoms with Crippen molar-refractivity contribution in [2.45, 2.75) is 6.92 Å². The standard InChI is InChI=1S/C12H12N2O/c1-9-12(15-2)11(5-7-14-9)10-4-3-6-13-8-10/h3-8H,1-2H3. The molecule has 0 aromatic carbocycles. The number of pyridine rings is 2. The Morgan fingerprint density at radius 2 is 2.07 bits per heavy atom. The fourth-order valence-electron chi connectivity index (χ4n) is 1.56. The normalized spacial score (nSPS) is 10.0. The Kier molecular flexibility index (Phi) is 2.63. The molecule has 0 aliphatic heterocycles. The number of ether oxygens (including phenoxy) is 1. The van der Waals surface area contributed by atoms with Crippen LogP contribution in [0.15, 0.2) is 36.8 Å². The molecule has 76 valence electrons. The zero-order valence-corrected chi connectivity index (χ0v) is 8.77. The molecular weight excluding hydrogens is 188 g/mol. The topological polar surface area (TPSA) is 35.0 Å². The Labute approximate surface area is 88.8 Å². The van der Waals surface area contributed by atoms with Crippen LogP contribution < -0.4 is 4.74 Å². The minimum absolute atomic E-state index is 0.811. The van der Waals surface area contributed by atoms with Gasteiger partial charge in [-0.2, -0.15) is 0 Å². The van der Waals surface area contributed by atoms with E-state index in [0.29, 0.717) is 0 Å². The predicted octanol–water partition coefficient (Wildman–Crippen LogP) is 2.46. The molecule has 0 saturated carbocycles. The van der Waals surface area contributed by atoms with E-state index in [0.717, 1.165) is 22.6 Å². The summed E-state index contributed by atoms with van der Waals surface area (Å²) in [6.45, 7) is 1.93. The maximum absolute atomic E-state index is 5.34. The highest BCUT2D eigenvalue weighted by Crippen LogP contribution is 2.30. The highest BCUT2D eigenvalue weighted by Gasteiger charge is 2.08. The Hall–Kier alpha value is -1.90. The average molecular weight is 200 g/mol. The van der Waals surface area contributed by atoms with E-state index in [9.17, 15) is 0 Å². The highest BCUT2D eigenvalue weighted by molar-refractivity contribution is 5.70. The van der Waals surface area contributed by atoms with Gasteiger partial charge in [-0.3, -0.25) is 9.97 Å². The smallest absolute Gasteiger partial charge is 0.147 e. The Morgan fingerprint density at radius 3 is 2.73 bits per heavy atom. The summed E-state index contributed by atoms with van der Waals surface area (Å²) in [5.41, 5.74) is 2.96. The van der Waals surface area contributed by atoms with Gasteiger partial charge in [0.05, 0.1) is 12.8 Å². The lowest BCUT2D eigenvalue weighted by Crippen LogP contribution is -1.93. The minimum Gasteiger partial charge on any atom is -0.494 e. The van der Waals surface area contributed by atoms with Crippen molar-refractivity contribution < 1.29 is 4.74 Å². The number of rotatable bonds is 2. The van der Waals surface area contributed by atoms with Crippen molar-refractivity contribution >= 4 is 0 Å². The van der Waals surface area contributed by atoms with Crippen molar-refractivity contribution in [3.8, 4) is 16.9 Å². The molecule has 0 spiro atoms. The van der Waals surface area contributed by atoms with Gasteiger partial charge in [0, 0.05) is 29.7 Å². The van der Waals surface area contributed by atoms with Crippen molar-refractivity contribution in [1.29, 1.82) is 0 Å². The zero-order chi connectivity index (χ0) is 10.7. The van der Waals surface area contributed by atoms with Crippen molar-refractivity contribution in [3.05, 3.63) is 42.5 Å². The van der Waals surface area contributed by atoms with E-state index in [4.69, 9.17) is 4.74 Å². The largest absolute Gasteiger partial charge is 0.494 e. The quantitative estimate of drug-likeness (QED) is 0.747. The van der Waals surface area contributed by atoms with E-state index >= 15 is 0 Å². The van der Waals surface area contributed by atoms with E-state index in [1.165, 1.54) is 0 Å². The molecule has 0 aliphatic carbocycles. The molecule has 0 bridgehead atoms. The second-order valence-electron chi connectivity index (χ2n) is 3.22. The fraction of sp³-hybridized carbons (Fsp3) is 0.167. The van der Waals surface area contributed by atoms with Gasteiger partial charge < -0.3 is 4.74 Å². The zero-order valence-electron chi connectivity index (χ0n) is 8.77. The van der Waals surface area contributed by atoms with Crippen molar-refractivity contribution in [3.63, 3.8) is 0 Å². The number of aryl methyl sites for hydroxylation is 1. The van der Waals surface area contributed by atoms with Crippen LogP contribution in [0.3, 0.4) is 0 Å². The molecule has 0 unspecified atom stereocenters. The summed E-state index contributed by atoms with van der Waals surface area (Å²) in [4.78, 5) is 8.28. The molecule has 0 radical (unpaired) electrons. The van der Waals surface area contributed by atoms with Crippen LogP contribution in [0.2, 0.25) is 0 Å². The van der Waals surface area contributed by atoms with E-state index in [1.807, 2.05) is 31.3 Å². The van der Waals surface area contributed by atoms with Gasteiger partial charge in [-0.25, -0.2) is 0 Å². The van der Waals surface area contributed by atoms with Crippen LogP contribution in [-0.2, 0) is 0 Å². The second kappa shape index (κ2) is 4.09. The number of methoxy groups -OCH3 is 1. The summed E-state index contributed by atoms with van der Waals surface area (Å²) in [5, 5.41) is 0. The van der Waals surface area contributed by atoms with Gasteiger partial charge in [0.1, 0.15) is 5.75 Å². The highest BCUT2D eigenvalue weighted by atomic mass is 16.5. The molecule has 2 heterocycles. The summed E-state index contributed by atoms with van der Waals surface area (Å²) in [7, 11) is 1.66. The average Bonchev–Trinajstić information content (AvgIpc) is 2.30. The van der Waals surface area contributed by atoms with E-state index in [-0.39, 0.29) is 0 Å². The summed E-state index contributed by atoms with van der Waals surface area (Å²) in [6.07, 6.45) is 5.35. The molecule has 0 fully saturated rings. The molecule has 3 nitrogen and oxygen atoms in total. The third-order valence-electron chi connectivity index (χ3n) is 2.26. The molecule has 0 atom stereocenters. The number of nitrogens with zero attached hydrogens (tertiary/aromatic N) is 2. The first-order chi connectivity index (χ1) is 7.33. The molecule has 2 rings (SSSR count). The minimum atomic E-state index is 0.811. The van der Waals surface area contributed by atoms with Crippen molar-refractivity contribution in [1.82, 2.24) is 9.97 Å². The molecule has 0 N–H and O–H groups in total. The van der Waals surface area contributed by atoms with Crippen LogP contribution in [0.1, 0.15) is 5.69 Å². The van der Waals surface area contributed by atoms with E-state index in [2.05, 4.69) is 9.97 Å². The number of aromatic nitrogens is 2. The lowest BCUT2D eigenvalue weighted by Gasteiger charge is -2.09. The van der Waals surface area contributed by atoms with Crippen molar-refractivity contribution in [2.24, 2.45) is 0 Å². The third kappa shape index (κ3) is 1.81. The number of hydrogen-bond donors (Lipinski definition) is 0. The Balaban J connectivity index is 2.58. The van der Waals surface area contributed by atoms with Gasteiger partial charge in [-0.15, -0.1) is 0 Å². The first-order valence-electron chi connectivity index (χ1n) is 4.73. The first-order valence-corrected chi connectivity index (χ1v) is 4.73.